The molecule has 8 heteroatoms. The lowest BCUT2D eigenvalue weighted by molar-refractivity contribution is -0.137. The third-order valence-corrected chi connectivity index (χ3v) is 7.16. The van der Waals surface area contributed by atoms with E-state index in [0.717, 1.165) is 12.8 Å². The molecule has 0 aromatic rings. The van der Waals surface area contributed by atoms with Crippen LogP contribution in [0, 0.1) is 17.8 Å². The Morgan fingerprint density at radius 1 is 1.24 bits per heavy atom. The van der Waals surface area contributed by atoms with Crippen molar-refractivity contribution < 1.29 is 14.7 Å². The van der Waals surface area contributed by atoms with Crippen molar-refractivity contribution in [3.05, 3.63) is 0 Å². The van der Waals surface area contributed by atoms with Gasteiger partial charge in [0.15, 0.2) is 0 Å². The highest BCUT2D eigenvalue weighted by atomic mass is 35.5. The molecule has 2 aliphatic heterocycles. The zero-order valence-electron chi connectivity index (χ0n) is 14.2. The van der Waals surface area contributed by atoms with Gasteiger partial charge in [-0.1, -0.05) is 0 Å². The van der Waals surface area contributed by atoms with E-state index in [1.165, 1.54) is 0 Å². The van der Waals surface area contributed by atoms with Gasteiger partial charge in [-0.25, -0.2) is 0 Å². The van der Waals surface area contributed by atoms with E-state index in [0.29, 0.717) is 38.9 Å². The number of nitrogens with one attached hydrogen (secondary N) is 1. The van der Waals surface area contributed by atoms with Gasteiger partial charge in [-0.2, -0.15) is 0 Å². The number of aliphatic hydroxyl groups excluding tert-OH is 1. The van der Waals surface area contributed by atoms with Gasteiger partial charge < -0.3 is 21.1 Å². The maximum Gasteiger partial charge on any atom is 0.227 e. The number of aliphatic hydroxyl groups is 1. The molecule has 142 valence electrons. The van der Waals surface area contributed by atoms with Crippen LogP contribution in [0.3, 0.4) is 0 Å². The van der Waals surface area contributed by atoms with E-state index in [9.17, 15) is 14.7 Å². The second kappa shape index (κ2) is 7.99. The second-order valence-corrected chi connectivity index (χ2v) is 8.80. The molecule has 25 heavy (non-hydrogen) atoms. The van der Waals surface area contributed by atoms with Crippen molar-refractivity contribution in [2.45, 2.75) is 55.0 Å². The van der Waals surface area contributed by atoms with Crippen LogP contribution in [0.15, 0.2) is 0 Å². The molecule has 0 radical (unpaired) electrons. The molecule has 3 fully saturated rings. The van der Waals surface area contributed by atoms with Crippen LogP contribution in [-0.4, -0.2) is 64.4 Å². The van der Waals surface area contributed by atoms with E-state index in [1.807, 2.05) is 4.90 Å². The van der Waals surface area contributed by atoms with Crippen LogP contribution in [0.4, 0.5) is 0 Å². The SMILES string of the molecule is N[C@H](C1CCN(C(=O)[C@H]2CNC(=O)C2)CC1)C1CC(Cl)C(Cl)CC1O. The minimum Gasteiger partial charge on any atom is -0.393 e. The van der Waals surface area contributed by atoms with E-state index in [-0.39, 0.29) is 46.4 Å². The van der Waals surface area contributed by atoms with E-state index in [4.69, 9.17) is 28.9 Å². The first-order valence-electron chi connectivity index (χ1n) is 9.14. The van der Waals surface area contributed by atoms with E-state index in [2.05, 4.69) is 5.32 Å². The quantitative estimate of drug-likeness (QED) is 0.616. The van der Waals surface area contributed by atoms with Crippen molar-refractivity contribution in [1.82, 2.24) is 10.2 Å². The van der Waals surface area contributed by atoms with Crippen LogP contribution in [0.25, 0.3) is 0 Å². The Morgan fingerprint density at radius 2 is 1.88 bits per heavy atom. The fraction of sp³-hybridized carbons (Fsp3) is 0.882. The van der Waals surface area contributed by atoms with Crippen LogP contribution < -0.4 is 11.1 Å². The zero-order chi connectivity index (χ0) is 18.1. The summed E-state index contributed by atoms with van der Waals surface area (Å²) in [4.78, 5) is 25.6. The molecule has 2 saturated heterocycles. The fourth-order valence-electron chi connectivity index (χ4n) is 4.42. The average Bonchev–Trinajstić information content (AvgIpc) is 3.03. The summed E-state index contributed by atoms with van der Waals surface area (Å²) in [6.07, 6.45) is 2.54. The highest BCUT2D eigenvalue weighted by molar-refractivity contribution is 6.30. The number of carbonyl (C=O) groups is 2. The van der Waals surface area contributed by atoms with Gasteiger partial charge in [-0.15, -0.1) is 23.2 Å². The first kappa shape index (κ1) is 19.2. The predicted octanol–water partition coefficient (Wildman–Crippen LogP) is 0.674. The lowest BCUT2D eigenvalue weighted by Gasteiger charge is -2.42. The van der Waals surface area contributed by atoms with Crippen LogP contribution in [-0.2, 0) is 9.59 Å². The molecular weight excluding hydrogens is 365 g/mol. The van der Waals surface area contributed by atoms with Crippen molar-refractivity contribution in [3.63, 3.8) is 0 Å². The first-order valence-corrected chi connectivity index (χ1v) is 10.0. The summed E-state index contributed by atoms with van der Waals surface area (Å²) in [7, 11) is 0. The Labute approximate surface area is 158 Å². The Bertz CT molecular complexity index is 513. The first-order chi connectivity index (χ1) is 11.9. The smallest absolute Gasteiger partial charge is 0.227 e. The molecule has 6 atom stereocenters. The Balaban J connectivity index is 1.51. The van der Waals surface area contributed by atoms with Gasteiger partial charge in [0.1, 0.15) is 0 Å². The van der Waals surface area contributed by atoms with Gasteiger partial charge in [0, 0.05) is 38.0 Å². The van der Waals surface area contributed by atoms with Crippen molar-refractivity contribution >= 4 is 35.0 Å². The van der Waals surface area contributed by atoms with Crippen molar-refractivity contribution in [2.24, 2.45) is 23.5 Å². The molecule has 0 aromatic heterocycles. The van der Waals surface area contributed by atoms with E-state index >= 15 is 0 Å². The summed E-state index contributed by atoms with van der Waals surface area (Å²) in [6.45, 7) is 1.77. The number of hydrogen-bond acceptors (Lipinski definition) is 4. The molecule has 0 spiro atoms. The summed E-state index contributed by atoms with van der Waals surface area (Å²) in [5, 5.41) is 12.7. The summed E-state index contributed by atoms with van der Waals surface area (Å²) < 4.78 is 0. The molecule has 3 aliphatic rings. The number of piperidine rings is 1. The van der Waals surface area contributed by atoms with E-state index < -0.39 is 6.10 Å². The van der Waals surface area contributed by atoms with Gasteiger partial charge in [0.2, 0.25) is 11.8 Å². The predicted molar refractivity (Wildman–Crippen MR) is 96.4 cm³/mol. The standard InChI is InChI=1S/C17H27Cl2N3O3/c18-12-6-11(14(23)7-13(12)19)16(20)9-1-3-22(4-2-9)17(25)10-5-15(24)21-8-10/h9-14,16,23H,1-8,20H2,(H,21,24)/t10-,11?,12?,13?,14?,16-/m1/s1. The Kier molecular flexibility index (Phi) is 6.14. The highest BCUT2D eigenvalue weighted by Gasteiger charge is 2.41. The third-order valence-electron chi connectivity index (χ3n) is 6.07. The lowest BCUT2D eigenvalue weighted by atomic mass is 9.74. The number of nitrogens with zero attached hydrogens (tertiary/aromatic N) is 1. The van der Waals surface area contributed by atoms with Gasteiger partial charge >= 0.3 is 0 Å². The van der Waals surface area contributed by atoms with Crippen LogP contribution in [0.5, 0.6) is 0 Å². The summed E-state index contributed by atoms with van der Waals surface area (Å²) in [6, 6.07) is -0.132. The monoisotopic (exact) mass is 391 g/mol. The minimum absolute atomic E-state index is 0.0404. The molecule has 4 N–H and O–H groups in total. The summed E-state index contributed by atoms with van der Waals surface area (Å²) in [5.74, 6) is 0.0170. The van der Waals surface area contributed by atoms with Crippen molar-refractivity contribution in [3.8, 4) is 0 Å². The van der Waals surface area contributed by atoms with Crippen LogP contribution >= 0.6 is 23.2 Å². The van der Waals surface area contributed by atoms with Crippen LogP contribution in [0.2, 0.25) is 0 Å². The molecule has 3 rings (SSSR count). The number of amides is 2. The highest BCUT2D eigenvalue weighted by Crippen LogP contribution is 2.37. The largest absolute Gasteiger partial charge is 0.393 e. The van der Waals surface area contributed by atoms with Gasteiger partial charge in [-0.3, -0.25) is 9.59 Å². The number of halogens is 2. The van der Waals surface area contributed by atoms with Gasteiger partial charge in [-0.05, 0) is 31.6 Å². The number of carbonyl (C=O) groups excluding carboxylic acids is 2. The molecule has 6 nitrogen and oxygen atoms in total. The second-order valence-electron chi connectivity index (χ2n) is 7.68. The third kappa shape index (κ3) is 4.24. The van der Waals surface area contributed by atoms with Crippen molar-refractivity contribution in [2.75, 3.05) is 19.6 Å². The Morgan fingerprint density at radius 3 is 2.48 bits per heavy atom. The maximum absolute atomic E-state index is 12.5. The number of rotatable bonds is 3. The molecule has 0 aromatic carbocycles. The number of alkyl halides is 2. The molecule has 0 bridgehead atoms. The molecular formula is C17H27Cl2N3O3. The maximum atomic E-state index is 12.5. The number of hydrogen-bond donors (Lipinski definition) is 3. The van der Waals surface area contributed by atoms with Gasteiger partial charge in [0.25, 0.3) is 0 Å². The summed E-state index contributed by atoms with van der Waals surface area (Å²) >= 11 is 12.4. The number of likely N-dealkylation sites (tertiary alicyclic amines) is 1. The molecule has 1 aliphatic carbocycles. The fourth-order valence-corrected chi connectivity index (χ4v) is 5.02. The average molecular weight is 392 g/mol. The van der Waals surface area contributed by atoms with Gasteiger partial charge in [0.05, 0.1) is 22.8 Å². The number of nitrogens with two attached hydrogens (primary N) is 1. The summed E-state index contributed by atoms with van der Waals surface area (Å²) in [5.41, 5.74) is 6.46. The van der Waals surface area contributed by atoms with E-state index in [1.54, 1.807) is 0 Å². The zero-order valence-corrected chi connectivity index (χ0v) is 15.8. The molecule has 2 amide bonds. The molecule has 2 heterocycles. The van der Waals surface area contributed by atoms with Crippen LogP contribution in [0.1, 0.15) is 32.1 Å². The topological polar surface area (TPSA) is 95.7 Å². The minimum atomic E-state index is -0.511. The normalized spacial score (nSPS) is 38.5. The lowest BCUT2D eigenvalue weighted by Crippen LogP contribution is -2.52. The molecule has 1 saturated carbocycles. The Hall–Kier alpha value is -0.560. The molecule has 4 unspecified atom stereocenters. The van der Waals surface area contributed by atoms with Crippen molar-refractivity contribution in [1.29, 1.82) is 0 Å².